The smallest absolute Gasteiger partial charge is 0.241 e. The Labute approximate surface area is 189 Å². The first-order chi connectivity index (χ1) is 15.9. The van der Waals surface area contributed by atoms with E-state index >= 15 is 0 Å². The molecule has 162 valence electrons. The minimum Gasteiger partial charge on any atom is -0.349 e. The number of rotatable bonds is 2. The highest BCUT2D eigenvalue weighted by atomic mass is 16.5. The summed E-state index contributed by atoms with van der Waals surface area (Å²) in [6.07, 6.45) is -0.898. The lowest BCUT2D eigenvalue weighted by atomic mass is 9.77. The third-order valence-electron chi connectivity index (χ3n) is 6.94. The van der Waals surface area contributed by atoms with Gasteiger partial charge in [-0.05, 0) is 24.6 Å². The fraction of sp³-hybridized carbons (Fsp3) is 0.185. The van der Waals surface area contributed by atoms with Crippen LogP contribution < -0.4 is 4.90 Å². The van der Waals surface area contributed by atoms with Gasteiger partial charge in [-0.25, -0.2) is 4.90 Å². The summed E-state index contributed by atoms with van der Waals surface area (Å²) in [5.74, 6) is -4.36. The van der Waals surface area contributed by atoms with Gasteiger partial charge < -0.3 is 4.74 Å². The lowest BCUT2D eigenvalue weighted by Crippen LogP contribution is -2.51. The molecule has 3 aliphatic rings. The lowest BCUT2D eigenvalue weighted by molar-refractivity contribution is -0.127. The van der Waals surface area contributed by atoms with Crippen LogP contribution in [0, 0.1) is 18.8 Å². The second-order valence-electron chi connectivity index (χ2n) is 8.74. The summed E-state index contributed by atoms with van der Waals surface area (Å²) in [6.45, 7) is 1.91. The van der Waals surface area contributed by atoms with E-state index in [0.29, 0.717) is 11.3 Å². The molecule has 0 radical (unpaired) electrons. The van der Waals surface area contributed by atoms with Crippen molar-refractivity contribution < 1.29 is 23.9 Å². The van der Waals surface area contributed by atoms with Crippen LogP contribution in [-0.2, 0) is 14.3 Å². The van der Waals surface area contributed by atoms with Gasteiger partial charge in [-0.3, -0.25) is 19.2 Å². The first-order valence-electron chi connectivity index (χ1n) is 10.8. The van der Waals surface area contributed by atoms with Crippen molar-refractivity contribution in [2.75, 3.05) is 4.90 Å². The molecule has 33 heavy (non-hydrogen) atoms. The van der Waals surface area contributed by atoms with Crippen LogP contribution >= 0.6 is 0 Å². The largest absolute Gasteiger partial charge is 0.349 e. The highest BCUT2D eigenvalue weighted by Gasteiger charge is 2.74. The van der Waals surface area contributed by atoms with E-state index in [-0.39, 0.29) is 11.1 Å². The van der Waals surface area contributed by atoms with Crippen LogP contribution in [0.25, 0.3) is 0 Å². The fourth-order valence-electron chi connectivity index (χ4n) is 5.41. The molecule has 0 unspecified atom stereocenters. The van der Waals surface area contributed by atoms with Gasteiger partial charge in [0.1, 0.15) is 0 Å². The zero-order valence-corrected chi connectivity index (χ0v) is 17.7. The summed E-state index contributed by atoms with van der Waals surface area (Å²) in [5.41, 5.74) is 0.459. The maximum Gasteiger partial charge on any atom is 0.241 e. The van der Waals surface area contributed by atoms with Gasteiger partial charge in [0.2, 0.25) is 29.0 Å². The monoisotopic (exact) mass is 437 g/mol. The van der Waals surface area contributed by atoms with Crippen LogP contribution in [-0.4, -0.2) is 29.0 Å². The second-order valence-corrected chi connectivity index (χ2v) is 8.74. The first-order valence-corrected chi connectivity index (χ1v) is 10.8. The molecule has 2 fully saturated rings. The van der Waals surface area contributed by atoms with Gasteiger partial charge in [0.15, 0.2) is 0 Å². The number of benzene rings is 3. The van der Waals surface area contributed by atoms with Crippen molar-refractivity contribution >= 4 is 29.1 Å². The number of carbonyl (C=O) groups excluding carboxylic acids is 4. The fourth-order valence-corrected chi connectivity index (χ4v) is 5.41. The van der Waals surface area contributed by atoms with Gasteiger partial charge in [-0.2, -0.15) is 0 Å². The first kappa shape index (κ1) is 19.8. The summed E-state index contributed by atoms with van der Waals surface area (Å²) >= 11 is 0. The quantitative estimate of drug-likeness (QED) is 0.451. The van der Waals surface area contributed by atoms with Gasteiger partial charge >= 0.3 is 0 Å². The summed E-state index contributed by atoms with van der Waals surface area (Å²) < 4.78 is 6.25. The van der Waals surface area contributed by atoms with Crippen molar-refractivity contribution in [1.82, 2.24) is 0 Å². The SMILES string of the molecule is Cc1ccc(N2C(=O)[C@H]3[C@@H](C2=O)C2(O[C@H]3c3ccccc3)C(=O)c3ccccc3C2=O)cc1. The molecule has 0 bridgehead atoms. The number of hydrogen-bond donors (Lipinski definition) is 0. The number of anilines is 1. The molecule has 0 aromatic heterocycles. The highest BCUT2D eigenvalue weighted by molar-refractivity contribution is 6.37. The number of nitrogens with zero attached hydrogens (tertiary/aromatic N) is 1. The van der Waals surface area contributed by atoms with Crippen LogP contribution in [0.15, 0.2) is 78.9 Å². The lowest BCUT2D eigenvalue weighted by Gasteiger charge is -2.27. The maximum atomic E-state index is 13.8. The van der Waals surface area contributed by atoms with E-state index in [1.165, 1.54) is 0 Å². The van der Waals surface area contributed by atoms with E-state index in [1.54, 1.807) is 60.7 Å². The third-order valence-corrected chi connectivity index (χ3v) is 6.94. The number of carbonyl (C=O) groups is 4. The predicted octanol–water partition coefficient (Wildman–Crippen LogP) is 3.69. The molecule has 3 aromatic rings. The molecular weight excluding hydrogens is 418 g/mol. The zero-order valence-electron chi connectivity index (χ0n) is 17.7. The third kappa shape index (κ3) is 2.47. The minimum atomic E-state index is -2.04. The van der Waals surface area contributed by atoms with Crippen LogP contribution in [0.1, 0.15) is 37.9 Å². The molecule has 0 N–H and O–H groups in total. The number of imide groups is 1. The normalized spacial score (nSPS) is 25.1. The van der Waals surface area contributed by atoms with Crippen molar-refractivity contribution in [3.8, 4) is 0 Å². The molecule has 6 heteroatoms. The Kier molecular flexibility index (Phi) is 4.07. The van der Waals surface area contributed by atoms with Crippen molar-refractivity contribution in [1.29, 1.82) is 0 Å². The van der Waals surface area contributed by atoms with Crippen LogP contribution in [0.5, 0.6) is 0 Å². The van der Waals surface area contributed by atoms with Crippen LogP contribution in [0.2, 0.25) is 0 Å². The number of aryl methyl sites for hydroxylation is 1. The molecule has 2 amide bonds. The van der Waals surface area contributed by atoms with Crippen molar-refractivity contribution in [2.24, 2.45) is 11.8 Å². The van der Waals surface area contributed by atoms with E-state index in [1.807, 2.05) is 25.1 Å². The number of Topliss-reactive ketones (excluding diaryl/α,β-unsaturated/α-hetero) is 2. The van der Waals surface area contributed by atoms with E-state index in [4.69, 9.17) is 4.74 Å². The van der Waals surface area contributed by atoms with Crippen molar-refractivity contribution in [2.45, 2.75) is 18.6 Å². The van der Waals surface area contributed by atoms with E-state index < -0.39 is 46.9 Å². The molecule has 1 aliphatic carbocycles. The number of amides is 2. The van der Waals surface area contributed by atoms with Gasteiger partial charge in [0.05, 0.1) is 23.6 Å². The van der Waals surface area contributed by atoms with Gasteiger partial charge in [-0.15, -0.1) is 0 Å². The molecule has 0 saturated carbocycles. The molecule has 6 nitrogen and oxygen atoms in total. The molecule has 3 atom stereocenters. The average Bonchev–Trinajstić information content (AvgIpc) is 3.41. The van der Waals surface area contributed by atoms with E-state index in [0.717, 1.165) is 10.5 Å². The highest BCUT2D eigenvalue weighted by Crippen LogP contribution is 2.57. The maximum absolute atomic E-state index is 13.8. The Morgan fingerprint density at radius 2 is 1.30 bits per heavy atom. The standard InChI is InChI=1S/C27H19NO5/c1-15-11-13-17(14-12-15)28-25(31)20-21(26(28)32)27(33-22(20)16-7-3-2-4-8-16)23(29)18-9-5-6-10-19(18)24(27)30/h2-14,20-22H,1H3/t20-,21-,22-/m0/s1. The molecule has 2 heterocycles. The topological polar surface area (TPSA) is 80.8 Å². The van der Waals surface area contributed by atoms with E-state index in [2.05, 4.69) is 0 Å². The second kappa shape index (κ2) is 6.80. The van der Waals surface area contributed by atoms with Gasteiger partial charge in [0, 0.05) is 11.1 Å². The molecule has 1 spiro atoms. The average molecular weight is 437 g/mol. The minimum absolute atomic E-state index is 0.226. The van der Waals surface area contributed by atoms with Crippen LogP contribution in [0.3, 0.4) is 0 Å². The molecular formula is C27H19NO5. The van der Waals surface area contributed by atoms with E-state index in [9.17, 15) is 19.2 Å². The molecule has 2 aliphatic heterocycles. The van der Waals surface area contributed by atoms with Gasteiger partial charge in [-0.1, -0.05) is 72.3 Å². The Morgan fingerprint density at radius 3 is 1.91 bits per heavy atom. The zero-order chi connectivity index (χ0) is 22.9. The van der Waals surface area contributed by atoms with Crippen LogP contribution in [0.4, 0.5) is 5.69 Å². The summed E-state index contributed by atoms with van der Waals surface area (Å²) in [4.78, 5) is 55.9. The molecule has 3 aromatic carbocycles. The number of ether oxygens (including phenoxy) is 1. The number of ketones is 2. The van der Waals surface area contributed by atoms with Crippen molar-refractivity contribution in [3.05, 3.63) is 101 Å². The molecule has 6 rings (SSSR count). The predicted molar refractivity (Wildman–Crippen MR) is 119 cm³/mol. The summed E-state index contributed by atoms with van der Waals surface area (Å²) in [5, 5.41) is 0. The van der Waals surface area contributed by atoms with Gasteiger partial charge in [0.25, 0.3) is 0 Å². The Bertz CT molecular complexity index is 1310. The Morgan fingerprint density at radius 1 is 0.727 bits per heavy atom. The number of fused-ring (bicyclic) bond motifs is 3. The number of hydrogen-bond acceptors (Lipinski definition) is 5. The Hall–Kier alpha value is -3.90. The summed E-state index contributed by atoms with van der Waals surface area (Å²) in [7, 11) is 0. The summed E-state index contributed by atoms with van der Waals surface area (Å²) in [6, 6.07) is 22.5. The Balaban J connectivity index is 1.55. The molecule has 2 saturated heterocycles. The van der Waals surface area contributed by atoms with Crippen molar-refractivity contribution in [3.63, 3.8) is 0 Å².